The first kappa shape index (κ1) is 19.6. The highest BCUT2D eigenvalue weighted by Crippen LogP contribution is 2.25. The van der Waals surface area contributed by atoms with Crippen LogP contribution in [0.15, 0.2) is 57.9 Å². The van der Waals surface area contributed by atoms with E-state index >= 15 is 0 Å². The van der Waals surface area contributed by atoms with Gasteiger partial charge in [0.05, 0.1) is 15.5 Å². The second kappa shape index (κ2) is 7.83. The van der Waals surface area contributed by atoms with Crippen molar-refractivity contribution in [3.63, 3.8) is 0 Å². The van der Waals surface area contributed by atoms with Gasteiger partial charge < -0.3 is 4.52 Å². The predicted octanol–water partition coefficient (Wildman–Crippen LogP) is 4.52. The summed E-state index contributed by atoms with van der Waals surface area (Å²) in [5, 5.41) is 15.0. The van der Waals surface area contributed by atoms with Crippen molar-refractivity contribution in [2.45, 2.75) is 11.8 Å². The fourth-order valence-electron chi connectivity index (χ4n) is 2.41. The standard InChI is InChI=1S/C18H14ClN3O5S/c1-12-18(22(23)24)17(27-20-12)10-7-13-5-8-16(9-6-13)28(25,26)21-15-4-2-3-14(19)11-15/h2-11,21H,1H3/b10-7+. The Labute approximate surface area is 165 Å². The van der Waals surface area contributed by atoms with E-state index in [0.29, 0.717) is 16.3 Å². The molecule has 1 N–H and O–H groups in total. The van der Waals surface area contributed by atoms with Crippen molar-refractivity contribution in [3.8, 4) is 0 Å². The van der Waals surface area contributed by atoms with Gasteiger partial charge in [-0.25, -0.2) is 8.42 Å². The van der Waals surface area contributed by atoms with Crippen molar-refractivity contribution in [2.75, 3.05) is 4.72 Å². The molecule has 8 nitrogen and oxygen atoms in total. The minimum Gasteiger partial charge on any atom is -0.349 e. The van der Waals surface area contributed by atoms with E-state index in [-0.39, 0.29) is 22.0 Å². The summed E-state index contributed by atoms with van der Waals surface area (Å²) in [7, 11) is -3.78. The average Bonchev–Trinajstić information content (AvgIpc) is 3.01. The summed E-state index contributed by atoms with van der Waals surface area (Å²) in [6, 6.07) is 12.4. The molecule has 1 heterocycles. The predicted molar refractivity (Wildman–Crippen MR) is 106 cm³/mol. The Kier molecular flexibility index (Phi) is 5.48. The van der Waals surface area contributed by atoms with Crippen molar-refractivity contribution >= 4 is 45.2 Å². The number of benzene rings is 2. The summed E-state index contributed by atoms with van der Waals surface area (Å²) >= 11 is 5.86. The minimum absolute atomic E-state index is 0.0156. The molecule has 0 atom stereocenters. The largest absolute Gasteiger partial charge is 0.349 e. The van der Waals surface area contributed by atoms with Gasteiger partial charge in [-0.3, -0.25) is 14.8 Å². The van der Waals surface area contributed by atoms with Crippen molar-refractivity contribution in [1.29, 1.82) is 0 Å². The second-order valence-electron chi connectivity index (χ2n) is 5.76. The van der Waals surface area contributed by atoms with Gasteiger partial charge in [0.15, 0.2) is 5.69 Å². The maximum Gasteiger partial charge on any atom is 0.338 e. The zero-order chi connectivity index (χ0) is 20.3. The number of aromatic nitrogens is 1. The van der Waals surface area contributed by atoms with Gasteiger partial charge in [-0.1, -0.05) is 41.0 Å². The molecule has 0 radical (unpaired) electrons. The van der Waals surface area contributed by atoms with Gasteiger partial charge in [-0.05, 0) is 48.9 Å². The van der Waals surface area contributed by atoms with Crippen LogP contribution in [0, 0.1) is 17.0 Å². The number of nitrogens with zero attached hydrogens (tertiary/aromatic N) is 2. The molecular formula is C18H14ClN3O5S. The monoisotopic (exact) mass is 419 g/mol. The molecule has 0 bridgehead atoms. The highest BCUT2D eigenvalue weighted by Gasteiger charge is 2.22. The number of sulfonamides is 1. The Balaban J connectivity index is 1.79. The van der Waals surface area contributed by atoms with Gasteiger partial charge in [-0.15, -0.1) is 0 Å². The molecule has 1 aromatic heterocycles. The topological polar surface area (TPSA) is 115 Å². The molecule has 2 aromatic carbocycles. The minimum atomic E-state index is -3.78. The van der Waals surface area contributed by atoms with E-state index in [0.717, 1.165) is 0 Å². The SMILES string of the molecule is Cc1noc(/C=C/c2ccc(S(=O)(=O)Nc3cccc(Cl)c3)cc2)c1[N+](=O)[O-]. The first-order chi connectivity index (χ1) is 13.3. The van der Waals surface area contributed by atoms with E-state index < -0.39 is 14.9 Å². The Bertz CT molecular complexity index is 1150. The third kappa shape index (κ3) is 4.38. The fourth-order valence-corrected chi connectivity index (χ4v) is 3.65. The molecule has 0 unspecified atom stereocenters. The van der Waals surface area contributed by atoms with Crippen molar-refractivity contribution in [3.05, 3.63) is 80.7 Å². The van der Waals surface area contributed by atoms with E-state index in [1.165, 1.54) is 31.2 Å². The Morgan fingerprint density at radius 1 is 1.18 bits per heavy atom. The van der Waals surface area contributed by atoms with Crippen LogP contribution in [-0.4, -0.2) is 18.5 Å². The number of nitrogens with one attached hydrogen (secondary N) is 1. The molecule has 0 spiro atoms. The molecule has 0 aliphatic carbocycles. The molecule has 144 valence electrons. The zero-order valence-corrected chi connectivity index (χ0v) is 16.1. The molecule has 0 fully saturated rings. The van der Waals surface area contributed by atoms with E-state index in [4.69, 9.17) is 16.1 Å². The lowest BCUT2D eigenvalue weighted by molar-refractivity contribution is -0.386. The van der Waals surface area contributed by atoms with E-state index in [2.05, 4.69) is 9.88 Å². The summed E-state index contributed by atoms with van der Waals surface area (Å²) in [6.07, 6.45) is 2.97. The number of hydrogen-bond donors (Lipinski definition) is 1. The summed E-state index contributed by atoms with van der Waals surface area (Å²) in [5.41, 5.74) is 0.953. The number of aryl methyl sites for hydroxylation is 1. The lowest BCUT2D eigenvalue weighted by Gasteiger charge is -2.08. The van der Waals surface area contributed by atoms with Gasteiger partial charge in [0, 0.05) is 5.02 Å². The van der Waals surface area contributed by atoms with Crippen molar-refractivity contribution in [1.82, 2.24) is 5.16 Å². The van der Waals surface area contributed by atoms with Gasteiger partial charge >= 0.3 is 5.69 Å². The molecule has 3 aromatic rings. The van der Waals surface area contributed by atoms with E-state index in [9.17, 15) is 18.5 Å². The van der Waals surface area contributed by atoms with Crippen LogP contribution >= 0.6 is 11.6 Å². The quantitative estimate of drug-likeness (QED) is 0.464. The van der Waals surface area contributed by atoms with Crippen LogP contribution in [-0.2, 0) is 10.0 Å². The highest BCUT2D eigenvalue weighted by atomic mass is 35.5. The number of rotatable bonds is 6. The average molecular weight is 420 g/mol. The van der Waals surface area contributed by atoms with Crippen molar-refractivity contribution < 1.29 is 17.9 Å². The fraction of sp³-hybridized carbons (Fsp3) is 0.0556. The number of halogens is 1. The summed E-state index contributed by atoms with van der Waals surface area (Å²) in [5.74, 6) is 0.0156. The van der Waals surface area contributed by atoms with Crippen LogP contribution in [0.5, 0.6) is 0 Å². The van der Waals surface area contributed by atoms with Gasteiger partial charge in [-0.2, -0.15) is 0 Å². The summed E-state index contributed by atoms with van der Waals surface area (Å²) < 4.78 is 32.3. The first-order valence-corrected chi connectivity index (χ1v) is 9.79. The number of nitro groups is 1. The Morgan fingerprint density at radius 3 is 2.54 bits per heavy atom. The molecule has 10 heteroatoms. The maximum absolute atomic E-state index is 12.5. The van der Waals surface area contributed by atoms with Crippen LogP contribution in [0.4, 0.5) is 11.4 Å². The maximum atomic E-state index is 12.5. The number of hydrogen-bond acceptors (Lipinski definition) is 6. The lowest BCUT2D eigenvalue weighted by Crippen LogP contribution is -2.12. The molecule has 28 heavy (non-hydrogen) atoms. The molecular weight excluding hydrogens is 406 g/mol. The van der Waals surface area contributed by atoms with Gasteiger partial charge in [0.25, 0.3) is 10.0 Å². The Hall–Kier alpha value is -3.17. The second-order valence-corrected chi connectivity index (χ2v) is 7.88. The molecule has 3 rings (SSSR count). The lowest BCUT2D eigenvalue weighted by atomic mass is 10.2. The smallest absolute Gasteiger partial charge is 0.338 e. The van der Waals surface area contributed by atoms with Gasteiger partial charge in [0.2, 0.25) is 5.76 Å². The first-order valence-electron chi connectivity index (χ1n) is 7.93. The van der Waals surface area contributed by atoms with Crippen LogP contribution < -0.4 is 4.72 Å². The zero-order valence-electron chi connectivity index (χ0n) is 14.5. The van der Waals surface area contributed by atoms with E-state index in [1.807, 2.05) is 0 Å². The molecule has 0 saturated carbocycles. The number of anilines is 1. The molecule has 0 aliphatic heterocycles. The van der Waals surface area contributed by atoms with Crippen molar-refractivity contribution in [2.24, 2.45) is 0 Å². The van der Waals surface area contributed by atoms with E-state index in [1.54, 1.807) is 36.4 Å². The normalized spacial score (nSPS) is 11.6. The molecule has 0 saturated heterocycles. The summed E-state index contributed by atoms with van der Waals surface area (Å²) in [6.45, 7) is 1.48. The van der Waals surface area contributed by atoms with Crippen LogP contribution in [0.25, 0.3) is 12.2 Å². The summed E-state index contributed by atoms with van der Waals surface area (Å²) in [4.78, 5) is 10.5. The third-order valence-corrected chi connectivity index (χ3v) is 5.37. The molecule has 0 aliphatic rings. The van der Waals surface area contributed by atoms with Crippen LogP contribution in [0.1, 0.15) is 17.0 Å². The third-order valence-electron chi connectivity index (χ3n) is 3.73. The Morgan fingerprint density at radius 2 is 1.89 bits per heavy atom. The van der Waals surface area contributed by atoms with Crippen LogP contribution in [0.2, 0.25) is 5.02 Å². The van der Waals surface area contributed by atoms with Gasteiger partial charge in [0.1, 0.15) is 0 Å². The highest BCUT2D eigenvalue weighted by molar-refractivity contribution is 7.92. The van der Waals surface area contributed by atoms with Crippen LogP contribution in [0.3, 0.4) is 0 Å². The molecule has 0 amide bonds.